The molecule has 37 heavy (non-hydrogen) atoms. The predicted octanol–water partition coefficient (Wildman–Crippen LogP) is 7.30. The molecule has 3 heterocycles. The van der Waals surface area contributed by atoms with E-state index >= 15 is 0 Å². The molecule has 3 aromatic carbocycles. The lowest BCUT2D eigenvalue weighted by Gasteiger charge is -2.40. The van der Waals surface area contributed by atoms with Gasteiger partial charge in [0.05, 0.1) is 5.69 Å². The molecule has 1 fully saturated rings. The van der Waals surface area contributed by atoms with Crippen molar-refractivity contribution >= 4 is 0 Å². The average Bonchev–Trinajstić information content (AvgIpc) is 3.44. The van der Waals surface area contributed by atoms with Gasteiger partial charge in [-0.25, -0.2) is 4.98 Å². The Labute approximate surface area is 219 Å². The summed E-state index contributed by atoms with van der Waals surface area (Å²) in [5.41, 5.74) is 7.01. The summed E-state index contributed by atoms with van der Waals surface area (Å²) < 4.78 is 0. The minimum atomic E-state index is 0.359. The van der Waals surface area contributed by atoms with Gasteiger partial charge in [-0.05, 0) is 42.5 Å². The van der Waals surface area contributed by atoms with Crippen LogP contribution in [-0.2, 0) is 6.42 Å². The topological polar surface area (TPSA) is 44.8 Å². The van der Waals surface area contributed by atoms with Gasteiger partial charge < -0.3 is 4.98 Å². The SMILES string of the molecule is c1ccc(CCN2CC(c3[nH]c(-c4ccccc4)nc3-c3ccccn3)CCC2c2ccccc2)cc1. The molecule has 0 amide bonds. The molecular weight excluding hydrogens is 452 g/mol. The summed E-state index contributed by atoms with van der Waals surface area (Å²) in [6.07, 6.45) is 5.12. The molecule has 1 aliphatic heterocycles. The van der Waals surface area contributed by atoms with Crippen LogP contribution in [0.25, 0.3) is 22.8 Å². The van der Waals surface area contributed by atoms with Gasteiger partial charge in [0.15, 0.2) is 0 Å². The lowest BCUT2D eigenvalue weighted by molar-refractivity contribution is 0.133. The summed E-state index contributed by atoms with van der Waals surface area (Å²) in [7, 11) is 0. The Morgan fingerprint density at radius 3 is 2.19 bits per heavy atom. The Bertz CT molecular complexity index is 1400. The van der Waals surface area contributed by atoms with Crippen molar-refractivity contribution in [3.8, 4) is 22.8 Å². The summed E-state index contributed by atoms with van der Waals surface area (Å²) in [5.74, 6) is 1.27. The highest BCUT2D eigenvalue weighted by atomic mass is 15.2. The van der Waals surface area contributed by atoms with E-state index in [1.54, 1.807) is 0 Å². The summed E-state index contributed by atoms with van der Waals surface area (Å²) in [5, 5.41) is 0. The van der Waals surface area contributed by atoms with Crippen LogP contribution in [0, 0.1) is 0 Å². The lowest BCUT2D eigenvalue weighted by Crippen LogP contribution is -2.38. The highest BCUT2D eigenvalue weighted by Gasteiger charge is 2.32. The van der Waals surface area contributed by atoms with Gasteiger partial charge in [0.2, 0.25) is 0 Å². The first-order valence-electron chi connectivity index (χ1n) is 13.2. The molecular formula is C33H32N4. The molecule has 0 bridgehead atoms. The third kappa shape index (κ3) is 5.25. The average molecular weight is 485 g/mol. The Balaban J connectivity index is 1.33. The van der Waals surface area contributed by atoms with E-state index < -0.39 is 0 Å². The third-order valence-electron chi connectivity index (χ3n) is 7.49. The maximum absolute atomic E-state index is 5.09. The number of likely N-dealkylation sites (tertiary alicyclic amines) is 1. The number of nitrogens with one attached hydrogen (secondary N) is 1. The fourth-order valence-corrected chi connectivity index (χ4v) is 5.61. The number of piperidine rings is 1. The minimum absolute atomic E-state index is 0.359. The number of aromatic amines is 1. The van der Waals surface area contributed by atoms with Gasteiger partial charge in [-0.3, -0.25) is 9.88 Å². The fourth-order valence-electron chi connectivity index (χ4n) is 5.61. The Kier molecular flexibility index (Phi) is 6.91. The van der Waals surface area contributed by atoms with Crippen LogP contribution in [0.1, 0.15) is 41.6 Å². The van der Waals surface area contributed by atoms with Crippen molar-refractivity contribution in [2.24, 2.45) is 0 Å². The van der Waals surface area contributed by atoms with E-state index in [1.807, 2.05) is 24.4 Å². The van der Waals surface area contributed by atoms with Crippen LogP contribution < -0.4 is 0 Å². The van der Waals surface area contributed by atoms with Crippen molar-refractivity contribution in [3.05, 3.63) is 132 Å². The molecule has 0 saturated carbocycles. The molecule has 5 aromatic rings. The normalized spacial score (nSPS) is 18.1. The maximum atomic E-state index is 5.09. The first-order valence-corrected chi connectivity index (χ1v) is 13.2. The van der Waals surface area contributed by atoms with Crippen LogP contribution in [0.4, 0.5) is 0 Å². The molecule has 0 spiro atoms. The Morgan fingerprint density at radius 1 is 0.757 bits per heavy atom. The van der Waals surface area contributed by atoms with Gasteiger partial charge in [0.25, 0.3) is 0 Å². The number of pyridine rings is 1. The quantitative estimate of drug-likeness (QED) is 0.264. The molecule has 6 rings (SSSR count). The van der Waals surface area contributed by atoms with E-state index in [0.29, 0.717) is 12.0 Å². The number of hydrogen-bond donors (Lipinski definition) is 1. The minimum Gasteiger partial charge on any atom is -0.341 e. The summed E-state index contributed by atoms with van der Waals surface area (Å²) in [6.45, 7) is 2.02. The third-order valence-corrected chi connectivity index (χ3v) is 7.49. The van der Waals surface area contributed by atoms with Crippen molar-refractivity contribution in [1.82, 2.24) is 19.9 Å². The van der Waals surface area contributed by atoms with E-state index in [2.05, 4.69) is 106 Å². The zero-order valence-electron chi connectivity index (χ0n) is 21.0. The molecule has 0 aliphatic carbocycles. The van der Waals surface area contributed by atoms with E-state index in [-0.39, 0.29) is 0 Å². The molecule has 2 atom stereocenters. The second kappa shape index (κ2) is 10.9. The van der Waals surface area contributed by atoms with Crippen molar-refractivity contribution in [3.63, 3.8) is 0 Å². The van der Waals surface area contributed by atoms with Crippen molar-refractivity contribution in [1.29, 1.82) is 0 Å². The van der Waals surface area contributed by atoms with E-state index in [1.165, 1.54) is 16.8 Å². The van der Waals surface area contributed by atoms with Crippen molar-refractivity contribution in [2.45, 2.75) is 31.2 Å². The number of rotatable bonds is 7. The van der Waals surface area contributed by atoms with Gasteiger partial charge >= 0.3 is 0 Å². The van der Waals surface area contributed by atoms with Crippen molar-refractivity contribution < 1.29 is 0 Å². The van der Waals surface area contributed by atoms with Gasteiger partial charge in [-0.2, -0.15) is 0 Å². The number of nitrogens with zero attached hydrogens (tertiary/aromatic N) is 3. The van der Waals surface area contributed by atoms with Crippen LogP contribution in [0.2, 0.25) is 0 Å². The highest BCUT2D eigenvalue weighted by molar-refractivity contribution is 5.65. The van der Waals surface area contributed by atoms with Gasteiger partial charge in [0, 0.05) is 42.5 Å². The van der Waals surface area contributed by atoms with Gasteiger partial charge in [-0.15, -0.1) is 0 Å². The first kappa shape index (κ1) is 23.4. The molecule has 2 aromatic heterocycles. The number of H-pyrrole nitrogens is 1. The van der Waals surface area contributed by atoms with Gasteiger partial charge in [0.1, 0.15) is 11.5 Å². The number of hydrogen-bond acceptors (Lipinski definition) is 3. The largest absolute Gasteiger partial charge is 0.341 e. The monoisotopic (exact) mass is 484 g/mol. The van der Waals surface area contributed by atoms with Crippen LogP contribution in [0.5, 0.6) is 0 Å². The molecule has 2 unspecified atom stereocenters. The Hall–Kier alpha value is -4.02. The second-order valence-corrected chi connectivity index (χ2v) is 9.86. The van der Waals surface area contributed by atoms with E-state index in [9.17, 15) is 0 Å². The highest BCUT2D eigenvalue weighted by Crippen LogP contribution is 2.40. The zero-order chi connectivity index (χ0) is 24.9. The zero-order valence-corrected chi connectivity index (χ0v) is 21.0. The number of aromatic nitrogens is 3. The van der Waals surface area contributed by atoms with Crippen LogP contribution in [0.3, 0.4) is 0 Å². The lowest BCUT2D eigenvalue weighted by atomic mass is 9.86. The van der Waals surface area contributed by atoms with Gasteiger partial charge in [-0.1, -0.05) is 97.1 Å². The molecule has 1 aliphatic rings. The Morgan fingerprint density at radius 2 is 1.46 bits per heavy atom. The molecule has 0 radical (unpaired) electrons. The smallest absolute Gasteiger partial charge is 0.138 e. The fraction of sp³-hybridized carbons (Fsp3) is 0.212. The molecule has 4 nitrogen and oxygen atoms in total. The van der Waals surface area contributed by atoms with Crippen molar-refractivity contribution in [2.75, 3.05) is 13.1 Å². The summed E-state index contributed by atoms with van der Waals surface area (Å²) >= 11 is 0. The first-order chi connectivity index (χ1) is 18.3. The summed E-state index contributed by atoms with van der Waals surface area (Å²) in [4.78, 5) is 16.2. The number of imidazole rings is 1. The standard InChI is InChI=1S/C33H32N4/c1-4-12-25(13-5-1)21-23-37-24-28(19-20-30(37)26-14-6-2-7-15-26)31-32(29-18-10-11-22-34-29)36-33(35-31)27-16-8-3-9-17-27/h1-18,22,28,30H,19-21,23-24H2,(H,35,36). The van der Waals surface area contributed by atoms with E-state index in [4.69, 9.17) is 4.98 Å². The molecule has 1 saturated heterocycles. The van der Waals surface area contributed by atoms with Crippen LogP contribution >= 0.6 is 0 Å². The summed E-state index contributed by atoms with van der Waals surface area (Å²) in [6, 6.07) is 38.7. The molecule has 1 N–H and O–H groups in total. The molecule has 184 valence electrons. The van der Waals surface area contributed by atoms with Crippen LogP contribution in [0.15, 0.2) is 115 Å². The van der Waals surface area contributed by atoms with Crippen LogP contribution in [-0.4, -0.2) is 32.9 Å². The van der Waals surface area contributed by atoms with E-state index in [0.717, 1.165) is 55.1 Å². The second-order valence-electron chi connectivity index (χ2n) is 9.86. The predicted molar refractivity (Wildman–Crippen MR) is 150 cm³/mol. The maximum Gasteiger partial charge on any atom is 0.138 e. The number of benzene rings is 3. The molecule has 4 heteroatoms.